The first-order valence-electron chi connectivity index (χ1n) is 8.74. The summed E-state index contributed by atoms with van der Waals surface area (Å²) in [7, 11) is 0. The Labute approximate surface area is 140 Å². The number of oxazole rings is 1. The maximum absolute atomic E-state index is 12.6. The summed E-state index contributed by atoms with van der Waals surface area (Å²) in [4.78, 5) is 18.9. The number of amides is 2. The molecule has 24 heavy (non-hydrogen) atoms. The predicted molar refractivity (Wildman–Crippen MR) is 91.0 cm³/mol. The molecule has 2 heterocycles. The second-order valence-electron chi connectivity index (χ2n) is 7.00. The van der Waals surface area contributed by atoms with Crippen LogP contribution in [0.25, 0.3) is 11.1 Å². The molecular weight excluding hydrogens is 306 g/mol. The van der Waals surface area contributed by atoms with E-state index in [0.29, 0.717) is 24.1 Å². The molecule has 6 nitrogen and oxygen atoms in total. The first-order valence-corrected chi connectivity index (χ1v) is 8.74. The molecule has 1 aromatic heterocycles. The van der Waals surface area contributed by atoms with E-state index in [-0.39, 0.29) is 18.7 Å². The first kappa shape index (κ1) is 15.4. The van der Waals surface area contributed by atoms with E-state index < -0.39 is 0 Å². The highest BCUT2D eigenvalue weighted by molar-refractivity contribution is 5.92. The highest BCUT2D eigenvalue weighted by Crippen LogP contribution is 2.40. The van der Waals surface area contributed by atoms with Crippen molar-refractivity contribution in [3.63, 3.8) is 0 Å². The average Bonchev–Trinajstić information content (AvgIpc) is 3.34. The Morgan fingerprint density at radius 2 is 2.25 bits per heavy atom. The predicted octanol–water partition coefficient (Wildman–Crippen LogP) is 3.33. The zero-order valence-electron chi connectivity index (χ0n) is 13.9. The zero-order chi connectivity index (χ0) is 16.7. The number of anilines is 1. The van der Waals surface area contributed by atoms with E-state index in [1.54, 1.807) is 4.90 Å². The summed E-state index contributed by atoms with van der Waals surface area (Å²) in [5.74, 6) is 1.59. The van der Waals surface area contributed by atoms with Crippen LogP contribution in [0.1, 0.15) is 44.4 Å². The molecule has 2 amide bonds. The lowest BCUT2D eigenvalue weighted by Gasteiger charge is -2.38. The Kier molecular flexibility index (Phi) is 3.92. The van der Waals surface area contributed by atoms with Crippen LogP contribution in [0.3, 0.4) is 0 Å². The number of aliphatic hydroxyl groups is 1. The van der Waals surface area contributed by atoms with E-state index >= 15 is 0 Å². The van der Waals surface area contributed by atoms with Crippen LogP contribution in [-0.2, 0) is 0 Å². The third-order valence-corrected chi connectivity index (χ3v) is 5.15. The van der Waals surface area contributed by atoms with Crippen LogP contribution in [0, 0.1) is 5.92 Å². The number of urea groups is 1. The van der Waals surface area contributed by atoms with Crippen molar-refractivity contribution in [1.82, 2.24) is 9.88 Å². The van der Waals surface area contributed by atoms with Gasteiger partial charge in [0.25, 0.3) is 0 Å². The number of nitrogens with zero attached hydrogens (tertiary/aromatic N) is 2. The number of aliphatic hydroxyl groups excluding tert-OH is 1. The van der Waals surface area contributed by atoms with E-state index in [1.807, 2.05) is 18.2 Å². The van der Waals surface area contributed by atoms with Gasteiger partial charge < -0.3 is 19.7 Å². The Morgan fingerprint density at radius 3 is 3.00 bits per heavy atom. The summed E-state index contributed by atoms with van der Waals surface area (Å²) in [6.07, 6.45) is 4.31. The molecule has 2 N–H and O–H groups in total. The summed E-state index contributed by atoms with van der Waals surface area (Å²) in [5.41, 5.74) is 2.24. The number of rotatable bonds is 3. The highest BCUT2D eigenvalue weighted by Gasteiger charge is 2.31. The van der Waals surface area contributed by atoms with Gasteiger partial charge in [0.15, 0.2) is 11.5 Å². The molecule has 6 heteroatoms. The summed E-state index contributed by atoms with van der Waals surface area (Å²) >= 11 is 0. The van der Waals surface area contributed by atoms with E-state index in [2.05, 4.69) is 17.2 Å². The van der Waals surface area contributed by atoms with Crippen molar-refractivity contribution < 1.29 is 14.3 Å². The smallest absolute Gasteiger partial charge is 0.322 e. The Hall–Kier alpha value is -2.08. The Bertz CT molecular complexity index is 753. The minimum Gasteiger partial charge on any atom is -0.440 e. The standard InChI is InChI=1S/C18H23N3O3/c1-11-3-2-8-21(15(11)10-22)18(23)19-13-6-7-16-14(9-13)20-17(24-16)12-4-5-12/h6-7,9,11-12,15,22H,2-5,8,10H2,1H3,(H,19,23). The number of hydrogen-bond acceptors (Lipinski definition) is 4. The summed E-state index contributed by atoms with van der Waals surface area (Å²) in [6.45, 7) is 2.77. The number of fused-ring (bicyclic) bond motifs is 1. The van der Waals surface area contributed by atoms with Crippen molar-refractivity contribution in [2.45, 2.75) is 44.6 Å². The fourth-order valence-corrected chi connectivity index (χ4v) is 3.50. The van der Waals surface area contributed by atoms with Crippen molar-refractivity contribution in [3.05, 3.63) is 24.1 Å². The Morgan fingerprint density at radius 1 is 1.42 bits per heavy atom. The van der Waals surface area contributed by atoms with Gasteiger partial charge in [0.1, 0.15) is 5.52 Å². The average molecular weight is 329 g/mol. The van der Waals surface area contributed by atoms with E-state index in [4.69, 9.17) is 4.42 Å². The van der Waals surface area contributed by atoms with Gasteiger partial charge in [-0.2, -0.15) is 0 Å². The van der Waals surface area contributed by atoms with E-state index in [1.165, 1.54) is 0 Å². The number of hydrogen-bond donors (Lipinski definition) is 2. The molecule has 0 spiro atoms. The topological polar surface area (TPSA) is 78.6 Å². The van der Waals surface area contributed by atoms with Crippen LogP contribution in [-0.4, -0.2) is 40.2 Å². The van der Waals surface area contributed by atoms with Crippen LogP contribution in [0.4, 0.5) is 10.5 Å². The number of carbonyl (C=O) groups is 1. The summed E-state index contributed by atoms with van der Waals surface area (Å²) < 4.78 is 5.75. The van der Waals surface area contributed by atoms with Crippen LogP contribution >= 0.6 is 0 Å². The maximum atomic E-state index is 12.6. The molecule has 2 aliphatic rings. The minimum absolute atomic E-state index is 0.00164. The molecule has 2 fully saturated rings. The van der Waals surface area contributed by atoms with Crippen molar-refractivity contribution in [3.8, 4) is 0 Å². The number of piperidine rings is 1. The molecule has 2 atom stereocenters. The van der Waals surface area contributed by atoms with Crippen LogP contribution in [0.5, 0.6) is 0 Å². The molecular formula is C18H23N3O3. The second kappa shape index (κ2) is 6.09. The lowest BCUT2D eigenvalue weighted by molar-refractivity contribution is 0.0811. The van der Waals surface area contributed by atoms with Gasteiger partial charge >= 0.3 is 6.03 Å². The molecule has 1 saturated heterocycles. The fourth-order valence-electron chi connectivity index (χ4n) is 3.50. The monoisotopic (exact) mass is 329 g/mol. The zero-order valence-corrected chi connectivity index (χ0v) is 13.9. The van der Waals surface area contributed by atoms with Gasteiger partial charge in [-0.3, -0.25) is 0 Å². The van der Waals surface area contributed by atoms with Gasteiger partial charge in [0, 0.05) is 18.2 Å². The van der Waals surface area contributed by atoms with Gasteiger partial charge in [0.05, 0.1) is 12.6 Å². The van der Waals surface area contributed by atoms with E-state index in [0.717, 1.165) is 42.7 Å². The van der Waals surface area contributed by atoms with Gasteiger partial charge in [-0.05, 0) is 49.8 Å². The molecule has 4 rings (SSSR count). The normalized spacial score (nSPS) is 24.3. The third kappa shape index (κ3) is 2.86. The molecule has 1 aliphatic heterocycles. The third-order valence-electron chi connectivity index (χ3n) is 5.15. The van der Waals surface area contributed by atoms with Crippen molar-refractivity contribution in [2.75, 3.05) is 18.5 Å². The summed E-state index contributed by atoms with van der Waals surface area (Å²) in [5, 5.41) is 12.5. The molecule has 2 aromatic rings. The van der Waals surface area contributed by atoms with Gasteiger partial charge in [0.2, 0.25) is 0 Å². The first-order chi connectivity index (χ1) is 11.7. The largest absolute Gasteiger partial charge is 0.440 e. The molecule has 1 aromatic carbocycles. The van der Waals surface area contributed by atoms with Crippen molar-refractivity contribution in [1.29, 1.82) is 0 Å². The number of nitrogens with one attached hydrogen (secondary N) is 1. The van der Waals surface area contributed by atoms with Crippen molar-refractivity contribution >= 4 is 22.8 Å². The number of aromatic nitrogens is 1. The van der Waals surface area contributed by atoms with E-state index in [9.17, 15) is 9.90 Å². The molecule has 0 bridgehead atoms. The van der Waals surface area contributed by atoms with Crippen LogP contribution in [0.2, 0.25) is 0 Å². The minimum atomic E-state index is -0.161. The molecule has 2 unspecified atom stereocenters. The lowest BCUT2D eigenvalue weighted by Crippen LogP contribution is -2.51. The molecule has 0 radical (unpaired) electrons. The number of likely N-dealkylation sites (tertiary alicyclic amines) is 1. The lowest BCUT2D eigenvalue weighted by atomic mass is 9.91. The highest BCUT2D eigenvalue weighted by atomic mass is 16.3. The second-order valence-corrected chi connectivity index (χ2v) is 7.00. The van der Waals surface area contributed by atoms with Crippen molar-refractivity contribution in [2.24, 2.45) is 5.92 Å². The van der Waals surface area contributed by atoms with Gasteiger partial charge in [-0.25, -0.2) is 9.78 Å². The quantitative estimate of drug-likeness (QED) is 0.905. The molecule has 1 aliphatic carbocycles. The van der Waals surface area contributed by atoms with Gasteiger partial charge in [-0.1, -0.05) is 6.92 Å². The number of carbonyl (C=O) groups excluding carboxylic acids is 1. The molecule has 128 valence electrons. The maximum Gasteiger partial charge on any atom is 0.322 e. The van der Waals surface area contributed by atoms with Crippen LogP contribution in [0.15, 0.2) is 22.6 Å². The molecule has 1 saturated carbocycles. The van der Waals surface area contributed by atoms with Gasteiger partial charge in [-0.15, -0.1) is 0 Å². The SMILES string of the molecule is CC1CCCN(C(=O)Nc2ccc3oc(C4CC4)nc3c2)C1CO. The van der Waals surface area contributed by atoms with Crippen LogP contribution < -0.4 is 5.32 Å². The number of benzene rings is 1. The summed E-state index contributed by atoms with van der Waals surface area (Å²) in [6, 6.07) is 5.27. The Balaban J connectivity index is 1.51. The fraction of sp³-hybridized carbons (Fsp3) is 0.556.